The van der Waals surface area contributed by atoms with Gasteiger partial charge < -0.3 is 9.47 Å². The Morgan fingerprint density at radius 1 is 1.00 bits per heavy atom. The molecule has 2 heterocycles. The Morgan fingerprint density at radius 2 is 1.74 bits per heavy atom. The van der Waals surface area contributed by atoms with Gasteiger partial charge in [-0.3, -0.25) is 9.69 Å². The molecule has 0 spiro atoms. The van der Waals surface area contributed by atoms with E-state index in [-0.39, 0.29) is 11.9 Å². The van der Waals surface area contributed by atoms with E-state index in [1.165, 1.54) is 62.0 Å². The summed E-state index contributed by atoms with van der Waals surface area (Å²) in [7, 11) is 1.51. The summed E-state index contributed by atoms with van der Waals surface area (Å²) in [6, 6.07) is 14.3. The quantitative estimate of drug-likeness (QED) is 0.580. The summed E-state index contributed by atoms with van der Waals surface area (Å²) in [6.07, 6.45) is 9.51. The van der Waals surface area contributed by atoms with Gasteiger partial charge in [0.2, 0.25) is 0 Å². The Balaban J connectivity index is 1.29. The van der Waals surface area contributed by atoms with Crippen LogP contribution in [0.3, 0.4) is 0 Å². The molecule has 2 aliphatic heterocycles. The zero-order valence-electron chi connectivity index (χ0n) is 18.9. The van der Waals surface area contributed by atoms with Crippen molar-refractivity contribution in [3.05, 3.63) is 42.0 Å². The second-order valence-corrected chi connectivity index (χ2v) is 10.1. The fraction of sp³-hybridized carbons (Fsp3) is 0.593. The average Bonchev–Trinajstić information content (AvgIpc) is 3.01. The van der Waals surface area contributed by atoms with Gasteiger partial charge in [-0.25, -0.2) is 0 Å². The standard InChI is InChI=1S/C27H35NO3/c1-18-6-11-24(12-7-18)31-26-5-3-4-20-14-19(8-13-25(20)26)17-28-22-9-10-23(28)16-21(15-22)27(29)30-2/h3-5,8,13-14,18,21-24H,6-7,9-12,15-17H2,1-2H3. The van der Waals surface area contributed by atoms with E-state index in [2.05, 4.69) is 48.2 Å². The third kappa shape index (κ3) is 4.32. The van der Waals surface area contributed by atoms with E-state index in [0.29, 0.717) is 18.2 Å². The van der Waals surface area contributed by atoms with Gasteiger partial charge in [0.15, 0.2) is 0 Å². The maximum atomic E-state index is 12.0. The summed E-state index contributed by atoms with van der Waals surface area (Å²) in [4.78, 5) is 14.7. The lowest BCUT2D eigenvalue weighted by molar-refractivity contribution is -0.148. The number of benzene rings is 2. The number of hydrogen-bond acceptors (Lipinski definition) is 4. The number of piperidine rings is 1. The lowest BCUT2D eigenvalue weighted by Gasteiger charge is -2.38. The molecule has 3 aliphatic rings. The van der Waals surface area contributed by atoms with Crippen LogP contribution in [0, 0.1) is 11.8 Å². The highest BCUT2D eigenvalue weighted by atomic mass is 16.5. The Morgan fingerprint density at radius 3 is 2.45 bits per heavy atom. The number of fused-ring (bicyclic) bond motifs is 3. The second-order valence-electron chi connectivity index (χ2n) is 10.1. The first-order valence-electron chi connectivity index (χ1n) is 12.1. The van der Waals surface area contributed by atoms with E-state index in [9.17, 15) is 4.79 Å². The molecule has 2 unspecified atom stereocenters. The second kappa shape index (κ2) is 8.82. The van der Waals surface area contributed by atoms with E-state index >= 15 is 0 Å². The molecule has 1 saturated carbocycles. The predicted molar refractivity (Wildman–Crippen MR) is 123 cm³/mol. The minimum atomic E-state index is -0.0257. The number of carbonyl (C=O) groups excluding carboxylic acids is 1. The van der Waals surface area contributed by atoms with Crippen molar-refractivity contribution in [2.24, 2.45) is 11.8 Å². The number of ether oxygens (including phenoxy) is 2. The monoisotopic (exact) mass is 421 g/mol. The summed E-state index contributed by atoms with van der Waals surface area (Å²) >= 11 is 0. The molecule has 31 heavy (non-hydrogen) atoms. The molecule has 2 saturated heterocycles. The Kier molecular flexibility index (Phi) is 5.92. The molecule has 0 aromatic heterocycles. The highest BCUT2D eigenvalue weighted by Gasteiger charge is 2.43. The van der Waals surface area contributed by atoms with Gasteiger partial charge in [-0.15, -0.1) is 0 Å². The van der Waals surface area contributed by atoms with Gasteiger partial charge in [0, 0.05) is 24.0 Å². The minimum absolute atomic E-state index is 0.0257. The van der Waals surface area contributed by atoms with Crippen LogP contribution in [0.4, 0.5) is 0 Å². The number of esters is 1. The van der Waals surface area contributed by atoms with E-state index in [1.807, 2.05) is 0 Å². The highest BCUT2D eigenvalue weighted by molar-refractivity contribution is 5.88. The van der Waals surface area contributed by atoms with Crippen molar-refractivity contribution in [1.29, 1.82) is 0 Å². The average molecular weight is 422 g/mol. The van der Waals surface area contributed by atoms with Crippen molar-refractivity contribution < 1.29 is 14.3 Å². The molecule has 5 rings (SSSR count). The van der Waals surface area contributed by atoms with Gasteiger partial charge in [0.05, 0.1) is 19.1 Å². The van der Waals surface area contributed by atoms with Gasteiger partial charge in [0.25, 0.3) is 0 Å². The molecular weight excluding hydrogens is 386 g/mol. The maximum Gasteiger partial charge on any atom is 0.308 e. The number of rotatable bonds is 5. The van der Waals surface area contributed by atoms with Gasteiger partial charge in [0.1, 0.15) is 5.75 Å². The van der Waals surface area contributed by atoms with Crippen LogP contribution in [0.5, 0.6) is 5.75 Å². The molecule has 2 atom stereocenters. The molecule has 3 fully saturated rings. The van der Waals surface area contributed by atoms with Crippen LogP contribution in [0.2, 0.25) is 0 Å². The summed E-state index contributed by atoms with van der Waals surface area (Å²) in [5, 5.41) is 2.48. The smallest absolute Gasteiger partial charge is 0.308 e. The first kappa shape index (κ1) is 20.8. The van der Waals surface area contributed by atoms with Crippen molar-refractivity contribution in [2.45, 2.75) is 83.0 Å². The molecule has 2 bridgehead atoms. The molecule has 4 heteroatoms. The zero-order chi connectivity index (χ0) is 21.4. The van der Waals surface area contributed by atoms with Crippen LogP contribution < -0.4 is 4.74 Å². The molecule has 2 aromatic carbocycles. The van der Waals surface area contributed by atoms with Gasteiger partial charge in [-0.05, 0) is 80.4 Å². The van der Waals surface area contributed by atoms with Crippen LogP contribution in [0.25, 0.3) is 10.8 Å². The first-order valence-corrected chi connectivity index (χ1v) is 12.1. The van der Waals surface area contributed by atoms with E-state index in [1.54, 1.807) is 0 Å². The lowest BCUT2D eigenvalue weighted by atomic mass is 9.89. The highest BCUT2D eigenvalue weighted by Crippen LogP contribution is 2.40. The number of hydrogen-bond donors (Lipinski definition) is 0. The fourth-order valence-electron chi connectivity index (χ4n) is 6.13. The largest absolute Gasteiger partial charge is 0.490 e. The normalized spacial score (nSPS) is 31.0. The molecule has 0 radical (unpaired) electrons. The molecule has 0 amide bonds. The summed E-state index contributed by atoms with van der Waals surface area (Å²) < 4.78 is 11.5. The summed E-state index contributed by atoms with van der Waals surface area (Å²) in [5.74, 6) is 1.92. The number of carbonyl (C=O) groups is 1. The fourth-order valence-corrected chi connectivity index (χ4v) is 6.13. The Hall–Kier alpha value is -2.07. The van der Waals surface area contributed by atoms with Crippen LogP contribution in [0.1, 0.15) is 63.9 Å². The van der Waals surface area contributed by atoms with E-state index in [0.717, 1.165) is 31.1 Å². The van der Waals surface area contributed by atoms with E-state index < -0.39 is 0 Å². The summed E-state index contributed by atoms with van der Waals surface area (Å²) in [5.41, 5.74) is 1.35. The third-order valence-corrected chi connectivity index (χ3v) is 7.95. The van der Waals surface area contributed by atoms with Gasteiger partial charge in [-0.2, -0.15) is 0 Å². The summed E-state index contributed by atoms with van der Waals surface area (Å²) in [6.45, 7) is 3.31. The third-order valence-electron chi connectivity index (χ3n) is 7.95. The predicted octanol–water partition coefficient (Wildman–Crippen LogP) is 5.71. The number of nitrogens with zero attached hydrogens (tertiary/aromatic N) is 1. The lowest BCUT2D eigenvalue weighted by Crippen LogP contribution is -2.44. The number of methoxy groups -OCH3 is 1. The van der Waals surface area contributed by atoms with Crippen molar-refractivity contribution >= 4 is 16.7 Å². The van der Waals surface area contributed by atoms with Crippen LogP contribution in [-0.2, 0) is 16.1 Å². The van der Waals surface area contributed by atoms with Crippen molar-refractivity contribution in [2.75, 3.05) is 7.11 Å². The minimum Gasteiger partial charge on any atom is -0.490 e. The van der Waals surface area contributed by atoms with Gasteiger partial charge >= 0.3 is 5.97 Å². The van der Waals surface area contributed by atoms with Crippen molar-refractivity contribution in [1.82, 2.24) is 4.90 Å². The van der Waals surface area contributed by atoms with Crippen molar-refractivity contribution in [3.63, 3.8) is 0 Å². The van der Waals surface area contributed by atoms with Crippen LogP contribution in [0.15, 0.2) is 36.4 Å². The maximum absolute atomic E-state index is 12.0. The Labute approximate surface area is 185 Å². The molecule has 0 N–H and O–H groups in total. The first-order chi connectivity index (χ1) is 15.1. The van der Waals surface area contributed by atoms with Crippen LogP contribution in [-0.4, -0.2) is 36.2 Å². The Bertz CT molecular complexity index is 919. The topological polar surface area (TPSA) is 38.8 Å². The van der Waals surface area contributed by atoms with Crippen LogP contribution >= 0.6 is 0 Å². The van der Waals surface area contributed by atoms with Crippen molar-refractivity contribution in [3.8, 4) is 5.75 Å². The molecule has 4 nitrogen and oxygen atoms in total. The molecule has 166 valence electrons. The molecular formula is C27H35NO3. The van der Waals surface area contributed by atoms with E-state index in [4.69, 9.17) is 9.47 Å². The molecule has 1 aliphatic carbocycles. The SMILES string of the molecule is COC(=O)C1CC2CCC(C1)N2Cc1ccc2c(OC3CCC(C)CC3)cccc2c1. The zero-order valence-corrected chi connectivity index (χ0v) is 18.9. The van der Waals surface area contributed by atoms with Gasteiger partial charge in [-0.1, -0.05) is 31.2 Å². The molecule has 2 aromatic rings.